The molecule has 1 unspecified atom stereocenters. The summed E-state index contributed by atoms with van der Waals surface area (Å²) in [7, 11) is 0. The van der Waals surface area contributed by atoms with Gasteiger partial charge in [0.25, 0.3) is 0 Å². The summed E-state index contributed by atoms with van der Waals surface area (Å²) in [5.41, 5.74) is 0. The fourth-order valence-electron chi connectivity index (χ4n) is 2.79. The second-order valence-corrected chi connectivity index (χ2v) is 6.77. The van der Waals surface area contributed by atoms with E-state index < -0.39 is 0 Å². The molecule has 1 N–H and O–H groups in total. The highest BCUT2D eigenvalue weighted by molar-refractivity contribution is 5.76. The summed E-state index contributed by atoms with van der Waals surface area (Å²) in [6, 6.07) is 0.567. The maximum atomic E-state index is 12.4. The Morgan fingerprint density at radius 1 is 1.16 bits per heavy atom. The topological polar surface area (TPSA) is 32.3 Å². The molecule has 112 valence electrons. The van der Waals surface area contributed by atoms with E-state index in [9.17, 15) is 4.79 Å². The molecule has 1 atom stereocenters. The zero-order chi connectivity index (χ0) is 14.3. The van der Waals surface area contributed by atoms with E-state index in [1.54, 1.807) is 0 Å². The van der Waals surface area contributed by atoms with Crippen LogP contribution in [0.15, 0.2) is 0 Å². The lowest BCUT2D eigenvalue weighted by Crippen LogP contribution is -2.39. The van der Waals surface area contributed by atoms with Crippen molar-refractivity contribution in [3.63, 3.8) is 0 Å². The van der Waals surface area contributed by atoms with Gasteiger partial charge in [0.15, 0.2) is 0 Å². The lowest BCUT2D eigenvalue weighted by molar-refractivity contribution is -0.132. The summed E-state index contributed by atoms with van der Waals surface area (Å²) >= 11 is 0. The van der Waals surface area contributed by atoms with E-state index in [2.05, 4.69) is 37.9 Å². The maximum Gasteiger partial charge on any atom is 0.222 e. The summed E-state index contributed by atoms with van der Waals surface area (Å²) in [5, 5.41) is 3.52. The van der Waals surface area contributed by atoms with Crippen molar-refractivity contribution in [3.8, 4) is 0 Å². The van der Waals surface area contributed by atoms with Gasteiger partial charge in [-0.15, -0.1) is 0 Å². The normalized spacial score (nSPS) is 20.0. The van der Waals surface area contributed by atoms with Crippen molar-refractivity contribution in [1.29, 1.82) is 0 Å². The lowest BCUT2D eigenvalue weighted by atomic mass is 10.00. The number of nitrogens with zero attached hydrogens (tertiary/aromatic N) is 1. The number of amides is 1. The fourth-order valence-corrected chi connectivity index (χ4v) is 2.79. The van der Waals surface area contributed by atoms with E-state index in [4.69, 9.17) is 0 Å². The lowest BCUT2D eigenvalue weighted by Gasteiger charge is -2.28. The van der Waals surface area contributed by atoms with Crippen molar-refractivity contribution < 1.29 is 4.79 Å². The van der Waals surface area contributed by atoms with Gasteiger partial charge >= 0.3 is 0 Å². The van der Waals surface area contributed by atoms with Gasteiger partial charge in [-0.25, -0.2) is 0 Å². The Morgan fingerprint density at radius 2 is 1.79 bits per heavy atom. The van der Waals surface area contributed by atoms with Crippen molar-refractivity contribution >= 4 is 5.91 Å². The van der Waals surface area contributed by atoms with Gasteiger partial charge in [-0.3, -0.25) is 4.79 Å². The summed E-state index contributed by atoms with van der Waals surface area (Å²) in [6.45, 7) is 11.7. The molecule has 0 aromatic rings. The third-order valence-electron chi connectivity index (χ3n) is 3.64. The van der Waals surface area contributed by atoms with Crippen LogP contribution in [0.3, 0.4) is 0 Å². The SMILES string of the molecule is CC(C)CN(CC(C)C)C(=O)CCC1CCCCN1. The number of carbonyl (C=O) groups excluding carboxylic acids is 1. The third-order valence-corrected chi connectivity index (χ3v) is 3.64. The summed E-state index contributed by atoms with van der Waals surface area (Å²) < 4.78 is 0. The fraction of sp³-hybridized carbons (Fsp3) is 0.938. The minimum Gasteiger partial charge on any atom is -0.342 e. The number of piperidine rings is 1. The molecule has 3 heteroatoms. The van der Waals surface area contributed by atoms with Crippen molar-refractivity contribution in [1.82, 2.24) is 10.2 Å². The van der Waals surface area contributed by atoms with Crippen molar-refractivity contribution in [2.45, 2.75) is 65.8 Å². The monoisotopic (exact) mass is 268 g/mol. The molecule has 1 saturated heterocycles. The van der Waals surface area contributed by atoms with Crippen LogP contribution in [0.5, 0.6) is 0 Å². The second-order valence-electron chi connectivity index (χ2n) is 6.77. The van der Waals surface area contributed by atoms with Gasteiger partial charge in [-0.1, -0.05) is 34.1 Å². The first kappa shape index (κ1) is 16.5. The maximum absolute atomic E-state index is 12.4. The van der Waals surface area contributed by atoms with Crippen molar-refractivity contribution in [2.75, 3.05) is 19.6 Å². The Labute approximate surface area is 119 Å². The first-order valence-electron chi connectivity index (χ1n) is 8.00. The molecule has 1 heterocycles. The minimum atomic E-state index is 0.342. The van der Waals surface area contributed by atoms with Crippen LogP contribution in [0.2, 0.25) is 0 Å². The van der Waals surface area contributed by atoms with E-state index >= 15 is 0 Å². The standard InChI is InChI=1S/C16H32N2O/c1-13(2)11-18(12-14(3)4)16(19)9-8-15-7-5-6-10-17-15/h13-15,17H,5-12H2,1-4H3. The predicted octanol–water partition coefficient (Wildman–Crippen LogP) is 3.05. The average Bonchev–Trinajstić information content (AvgIpc) is 2.35. The van der Waals surface area contributed by atoms with Gasteiger partial charge < -0.3 is 10.2 Å². The quantitative estimate of drug-likeness (QED) is 0.769. The predicted molar refractivity (Wildman–Crippen MR) is 81.1 cm³/mol. The van der Waals surface area contributed by atoms with Crippen LogP contribution in [0.1, 0.15) is 59.8 Å². The molecule has 1 aliphatic heterocycles. The Morgan fingerprint density at radius 3 is 2.26 bits per heavy atom. The Hall–Kier alpha value is -0.570. The number of hydrogen-bond acceptors (Lipinski definition) is 2. The van der Waals surface area contributed by atoms with Crippen LogP contribution >= 0.6 is 0 Å². The van der Waals surface area contributed by atoms with Crippen LogP contribution in [-0.4, -0.2) is 36.5 Å². The molecule has 1 rings (SSSR count). The first-order chi connectivity index (χ1) is 8.99. The summed E-state index contributed by atoms with van der Waals surface area (Å²) in [4.78, 5) is 14.4. The van der Waals surface area contributed by atoms with E-state index in [0.29, 0.717) is 30.2 Å². The highest BCUT2D eigenvalue weighted by Crippen LogP contribution is 2.14. The Kier molecular flexibility index (Phi) is 7.44. The molecule has 1 fully saturated rings. The molecular formula is C16H32N2O. The minimum absolute atomic E-state index is 0.342. The molecule has 0 bridgehead atoms. The molecule has 0 radical (unpaired) electrons. The number of nitrogens with one attached hydrogen (secondary N) is 1. The molecule has 0 aliphatic carbocycles. The highest BCUT2D eigenvalue weighted by Gasteiger charge is 2.19. The van der Waals surface area contributed by atoms with Crippen LogP contribution < -0.4 is 5.32 Å². The molecule has 0 aromatic carbocycles. The van der Waals surface area contributed by atoms with E-state index in [1.807, 2.05) is 0 Å². The van der Waals surface area contributed by atoms with Gasteiger partial charge in [0, 0.05) is 25.6 Å². The molecule has 0 saturated carbocycles. The van der Waals surface area contributed by atoms with Crippen LogP contribution in [0.25, 0.3) is 0 Å². The number of rotatable bonds is 7. The van der Waals surface area contributed by atoms with Gasteiger partial charge in [-0.2, -0.15) is 0 Å². The zero-order valence-corrected chi connectivity index (χ0v) is 13.2. The highest BCUT2D eigenvalue weighted by atomic mass is 16.2. The van der Waals surface area contributed by atoms with Gasteiger partial charge in [0.05, 0.1) is 0 Å². The summed E-state index contributed by atoms with van der Waals surface area (Å²) in [5.74, 6) is 1.45. The molecular weight excluding hydrogens is 236 g/mol. The van der Waals surface area contributed by atoms with Gasteiger partial charge in [0.1, 0.15) is 0 Å². The molecule has 19 heavy (non-hydrogen) atoms. The van der Waals surface area contributed by atoms with E-state index in [1.165, 1.54) is 19.3 Å². The van der Waals surface area contributed by atoms with Crippen LogP contribution in [0, 0.1) is 11.8 Å². The molecule has 0 spiro atoms. The number of carbonyl (C=O) groups is 1. The second kappa shape index (κ2) is 8.57. The molecule has 1 amide bonds. The van der Waals surface area contributed by atoms with Crippen LogP contribution in [-0.2, 0) is 4.79 Å². The largest absolute Gasteiger partial charge is 0.342 e. The molecule has 0 aromatic heterocycles. The molecule has 1 aliphatic rings. The first-order valence-corrected chi connectivity index (χ1v) is 8.00. The number of hydrogen-bond donors (Lipinski definition) is 1. The van der Waals surface area contributed by atoms with Crippen LogP contribution in [0.4, 0.5) is 0 Å². The third kappa shape index (κ3) is 6.95. The molecule has 3 nitrogen and oxygen atoms in total. The summed E-state index contributed by atoms with van der Waals surface area (Å²) in [6.07, 6.45) is 5.55. The van der Waals surface area contributed by atoms with Crippen molar-refractivity contribution in [2.24, 2.45) is 11.8 Å². The van der Waals surface area contributed by atoms with Crippen molar-refractivity contribution in [3.05, 3.63) is 0 Å². The average molecular weight is 268 g/mol. The van der Waals surface area contributed by atoms with E-state index in [-0.39, 0.29) is 0 Å². The Bertz CT molecular complexity index is 247. The van der Waals surface area contributed by atoms with Gasteiger partial charge in [0.2, 0.25) is 5.91 Å². The smallest absolute Gasteiger partial charge is 0.222 e. The zero-order valence-electron chi connectivity index (χ0n) is 13.2. The van der Waals surface area contributed by atoms with Gasteiger partial charge in [-0.05, 0) is 37.6 Å². The van der Waals surface area contributed by atoms with E-state index in [0.717, 1.165) is 26.1 Å². The Balaban J connectivity index is 2.37.